The fourth-order valence-corrected chi connectivity index (χ4v) is 1.90. The van der Waals surface area contributed by atoms with E-state index >= 15 is 0 Å². The van der Waals surface area contributed by atoms with Crippen LogP contribution in [0.1, 0.15) is 19.0 Å². The molecule has 0 fully saturated rings. The van der Waals surface area contributed by atoms with Crippen LogP contribution in [-0.2, 0) is 0 Å². The Bertz CT molecular complexity index is 511. The predicted octanol–water partition coefficient (Wildman–Crippen LogP) is 3.97. The number of aromatic nitrogens is 1. The molecule has 0 saturated heterocycles. The molecule has 0 aliphatic rings. The molecule has 2 rings (SSSR count). The van der Waals surface area contributed by atoms with E-state index < -0.39 is 0 Å². The molecule has 1 aromatic heterocycles. The number of halogens is 1. The zero-order chi connectivity index (χ0) is 12.3. The third kappa shape index (κ3) is 2.89. The van der Waals surface area contributed by atoms with Gasteiger partial charge in [0.05, 0.1) is 10.9 Å². The van der Waals surface area contributed by atoms with Crippen LogP contribution in [0.4, 0.5) is 5.69 Å². The predicted molar refractivity (Wildman–Crippen MR) is 74.9 cm³/mol. The largest absolute Gasteiger partial charge is 0.383 e. The SMILES string of the molecule is CCC(Cl)CNc1cc(C)nc2ccccc12. The lowest BCUT2D eigenvalue weighted by Crippen LogP contribution is -2.13. The standard InChI is InChI=1S/C14H17ClN2/c1-3-11(15)9-16-14-8-10(2)17-13-7-5-4-6-12(13)14/h4-8,11H,3,9H2,1-2H3,(H,16,17). The zero-order valence-corrected chi connectivity index (χ0v) is 11.0. The molecule has 3 heteroatoms. The van der Waals surface area contributed by atoms with Gasteiger partial charge in [-0.3, -0.25) is 4.98 Å². The number of rotatable bonds is 4. The first-order valence-electron chi connectivity index (χ1n) is 5.95. The van der Waals surface area contributed by atoms with E-state index in [0.717, 1.165) is 35.2 Å². The molecule has 1 heterocycles. The normalized spacial score (nSPS) is 12.6. The van der Waals surface area contributed by atoms with Crippen molar-refractivity contribution in [3.63, 3.8) is 0 Å². The summed E-state index contributed by atoms with van der Waals surface area (Å²) in [6.45, 7) is 4.89. The molecule has 0 saturated carbocycles. The molecule has 1 atom stereocenters. The fourth-order valence-electron chi connectivity index (χ4n) is 1.82. The lowest BCUT2D eigenvalue weighted by Gasteiger charge is -2.12. The molecule has 0 radical (unpaired) electrons. The third-order valence-corrected chi connectivity index (χ3v) is 3.26. The molecule has 1 N–H and O–H groups in total. The molecule has 0 aliphatic heterocycles. The van der Waals surface area contributed by atoms with Crippen molar-refractivity contribution in [2.75, 3.05) is 11.9 Å². The van der Waals surface area contributed by atoms with Crippen molar-refractivity contribution in [2.24, 2.45) is 0 Å². The highest BCUT2D eigenvalue weighted by Crippen LogP contribution is 2.23. The van der Waals surface area contributed by atoms with Gasteiger partial charge in [-0.15, -0.1) is 11.6 Å². The monoisotopic (exact) mass is 248 g/mol. The molecule has 2 aromatic rings. The highest BCUT2D eigenvalue weighted by molar-refractivity contribution is 6.20. The van der Waals surface area contributed by atoms with Crippen LogP contribution in [0.5, 0.6) is 0 Å². The second-order valence-electron chi connectivity index (χ2n) is 4.21. The second-order valence-corrected chi connectivity index (χ2v) is 4.83. The second kappa shape index (κ2) is 5.37. The number of hydrogen-bond donors (Lipinski definition) is 1. The van der Waals surface area contributed by atoms with Crippen LogP contribution in [0.3, 0.4) is 0 Å². The molecular formula is C14H17ClN2. The quantitative estimate of drug-likeness (QED) is 0.828. The lowest BCUT2D eigenvalue weighted by molar-refractivity contribution is 0.844. The summed E-state index contributed by atoms with van der Waals surface area (Å²) in [5.41, 5.74) is 3.17. The van der Waals surface area contributed by atoms with Gasteiger partial charge in [0.2, 0.25) is 0 Å². The highest BCUT2D eigenvalue weighted by Gasteiger charge is 2.05. The first-order chi connectivity index (χ1) is 8.20. The van der Waals surface area contributed by atoms with Gasteiger partial charge in [-0.2, -0.15) is 0 Å². The van der Waals surface area contributed by atoms with Gasteiger partial charge in [-0.05, 0) is 25.5 Å². The van der Waals surface area contributed by atoms with Crippen LogP contribution < -0.4 is 5.32 Å². The number of para-hydroxylation sites is 1. The molecule has 2 nitrogen and oxygen atoms in total. The van der Waals surface area contributed by atoms with Gasteiger partial charge >= 0.3 is 0 Å². The molecule has 0 amide bonds. The van der Waals surface area contributed by atoms with Crippen molar-refractivity contribution in [3.05, 3.63) is 36.0 Å². The van der Waals surface area contributed by atoms with E-state index in [4.69, 9.17) is 11.6 Å². The van der Waals surface area contributed by atoms with E-state index in [1.807, 2.05) is 25.1 Å². The maximum absolute atomic E-state index is 6.13. The van der Waals surface area contributed by atoms with Gasteiger partial charge in [-0.1, -0.05) is 25.1 Å². The van der Waals surface area contributed by atoms with E-state index in [9.17, 15) is 0 Å². The summed E-state index contributed by atoms with van der Waals surface area (Å²) < 4.78 is 0. The average Bonchev–Trinajstić information content (AvgIpc) is 2.35. The zero-order valence-electron chi connectivity index (χ0n) is 10.2. The van der Waals surface area contributed by atoms with Crippen LogP contribution >= 0.6 is 11.6 Å². The topological polar surface area (TPSA) is 24.9 Å². The van der Waals surface area contributed by atoms with Crippen LogP contribution in [-0.4, -0.2) is 16.9 Å². The Labute approximate surface area is 107 Å². The highest BCUT2D eigenvalue weighted by atomic mass is 35.5. The Kier molecular flexibility index (Phi) is 3.85. The minimum atomic E-state index is 0.169. The van der Waals surface area contributed by atoms with E-state index in [2.05, 4.69) is 29.4 Å². The Morgan fingerprint density at radius 2 is 2.12 bits per heavy atom. The minimum absolute atomic E-state index is 0.169. The number of nitrogens with one attached hydrogen (secondary N) is 1. The molecule has 17 heavy (non-hydrogen) atoms. The summed E-state index contributed by atoms with van der Waals surface area (Å²) in [6.07, 6.45) is 0.969. The van der Waals surface area contributed by atoms with Gasteiger partial charge in [0, 0.05) is 23.3 Å². The number of aryl methyl sites for hydroxylation is 1. The first kappa shape index (κ1) is 12.2. The Morgan fingerprint density at radius 1 is 1.35 bits per heavy atom. The Hall–Kier alpha value is -1.28. The molecule has 0 spiro atoms. The molecule has 90 valence electrons. The molecule has 0 aliphatic carbocycles. The molecule has 1 unspecified atom stereocenters. The number of fused-ring (bicyclic) bond motifs is 1. The van der Waals surface area contributed by atoms with Crippen LogP contribution in [0, 0.1) is 6.92 Å². The van der Waals surface area contributed by atoms with Gasteiger partial charge in [0.1, 0.15) is 0 Å². The summed E-state index contributed by atoms with van der Waals surface area (Å²) in [6, 6.07) is 10.2. The summed E-state index contributed by atoms with van der Waals surface area (Å²) in [5.74, 6) is 0. The summed E-state index contributed by atoms with van der Waals surface area (Å²) in [7, 11) is 0. The van der Waals surface area contributed by atoms with Gasteiger partial charge in [-0.25, -0.2) is 0 Å². The van der Waals surface area contributed by atoms with E-state index in [1.54, 1.807) is 0 Å². The summed E-state index contributed by atoms with van der Waals surface area (Å²) in [5, 5.41) is 4.73. The molecule has 1 aromatic carbocycles. The minimum Gasteiger partial charge on any atom is -0.383 e. The van der Waals surface area contributed by atoms with E-state index in [1.165, 1.54) is 0 Å². The van der Waals surface area contributed by atoms with Crippen molar-refractivity contribution in [1.82, 2.24) is 4.98 Å². The maximum Gasteiger partial charge on any atom is 0.0725 e. The van der Waals surface area contributed by atoms with Crippen molar-refractivity contribution in [3.8, 4) is 0 Å². The van der Waals surface area contributed by atoms with Crippen LogP contribution in [0.2, 0.25) is 0 Å². The number of hydrogen-bond acceptors (Lipinski definition) is 2. The van der Waals surface area contributed by atoms with E-state index in [-0.39, 0.29) is 5.38 Å². The van der Waals surface area contributed by atoms with Crippen molar-refractivity contribution < 1.29 is 0 Å². The Balaban J connectivity index is 2.32. The lowest BCUT2D eigenvalue weighted by atomic mass is 10.1. The van der Waals surface area contributed by atoms with Crippen LogP contribution in [0.25, 0.3) is 10.9 Å². The van der Waals surface area contributed by atoms with Gasteiger partial charge < -0.3 is 5.32 Å². The number of alkyl halides is 1. The Morgan fingerprint density at radius 3 is 2.88 bits per heavy atom. The van der Waals surface area contributed by atoms with Gasteiger partial charge in [0.15, 0.2) is 0 Å². The summed E-state index contributed by atoms with van der Waals surface area (Å²) in [4.78, 5) is 4.51. The number of anilines is 1. The molecular weight excluding hydrogens is 232 g/mol. The number of pyridine rings is 1. The van der Waals surface area contributed by atoms with Gasteiger partial charge in [0.25, 0.3) is 0 Å². The fraction of sp³-hybridized carbons (Fsp3) is 0.357. The maximum atomic E-state index is 6.13. The van der Waals surface area contributed by atoms with Crippen LogP contribution in [0.15, 0.2) is 30.3 Å². The smallest absolute Gasteiger partial charge is 0.0725 e. The first-order valence-corrected chi connectivity index (χ1v) is 6.38. The van der Waals surface area contributed by atoms with Crippen molar-refractivity contribution >= 4 is 28.2 Å². The van der Waals surface area contributed by atoms with E-state index in [0.29, 0.717) is 0 Å². The number of nitrogens with zero attached hydrogens (tertiary/aromatic N) is 1. The van der Waals surface area contributed by atoms with Crippen molar-refractivity contribution in [1.29, 1.82) is 0 Å². The number of benzene rings is 1. The van der Waals surface area contributed by atoms with Crippen molar-refractivity contribution in [2.45, 2.75) is 25.6 Å². The average molecular weight is 249 g/mol. The summed E-state index contributed by atoms with van der Waals surface area (Å²) >= 11 is 6.13. The third-order valence-electron chi connectivity index (χ3n) is 2.80. The molecule has 0 bridgehead atoms.